The molecule has 23 heavy (non-hydrogen) atoms. The van der Waals surface area contributed by atoms with E-state index in [9.17, 15) is 12.8 Å². The SMILES string of the molecule is O=S(=O)(Cc1ccccc1F)N1CCSC(c2ccco2)CC1. The molecule has 1 unspecified atom stereocenters. The van der Waals surface area contributed by atoms with E-state index in [4.69, 9.17) is 4.42 Å². The highest BCUT2D eigenvalue weighted by atomic mass is 32.2. The van der Waals surface area contributed by atoms with Gasteiger partial charge in [0.25, 0.3) is 0 Å². The minimum Gasteiger partial charge on any atom is -0.468 e. The number of sulfonamides is 1. The van der Waals surface area contributed by atoms with Crippen LogP contribution in [0.1, 0.15) is 23.0 Å². The van der Waals surface area contributed by atoms with Crippen molar-refractivity contribution in [1.82, 2.24) is 4.31 Å². The van der Waals surface area contributed by atoms with Gasteiger partial charge in [-0.2, -0.15) is 0 Å². The van der Waals surface area contributed by atoms with E-state index in [-0.39, 0.29) is 16.6 Å². The minimum atomic E-state index is -3.53. The second-order valence-corrected chi connectivity index (χ2v) is 8.69. The topological polar surface area (TPSA) is 50.5 Å². The summed E-state index contributed by atoms with van der Waals surface area (Å²) in [6.07, 6.45) is 2.32. The van der Waals surface area contributed by atoms with Gasteiger partial charge in [0.2, 0.25) is 10.0 Å². The molecule has 3 rings (SSSR count). The molecule has 2 aromatic rings. The van der Waals surface area contributed by atoms with E-state index in [1.807, 2.05) is 12.1 Å². The first-order valence-corrected chi connectivity index (χ1v) is 10.1. The fourth-order valence-corrected chi connectivity index (χ4v) is 5.49. The monoisotopic (exact) mass is 355 g/mol. The van der Waals surface area contributed by atoms with E-state index in [2.05, 4.69) is 0 Å². The van der Waals surface area contributed by atoms with Crippen LogP contribution in [0.4, 0.5) is 4.39 Å². The van der Waals surface area contributed by atoms with Gasteiger partial charge in [0.15, 0.2) is 0 Å². The summed E-state index contributed by atoms with van der Waals surface area (Å²) in [6.45, 7) is 0.869. The molecular weight excluding hydrogens is 337 g/mol. The lowest BCUT2D eigenvalue weighted by atomic mass is 10.2. The summed E-state index contributed by atoms with van der Waals surface area (Å²) in [6, 6.07) is 9.77. The molecule has 1 fully saturated rings. The van der Waals surface area contributed by atoms with E-state index in [1.165, 1.54) is 16.4 Å². The van der Waals surface area contributed by atoms with Crippen LogP contribution in [0.15, 0.2) is 47.1 Å². The third kappa shape index (κ3) is 3.97. The Morgan fingerprint density at radius 1 is 1.22 bits per heavy atom. The van der Waals surface area contributed by atoms with Gasteiger partial charge in [-0.15, -0.1) is 11.8 Å². The Hall–Kier alpha value is -1.31. The number of thioether (sulfide) groups is 1. The predicted molar refractivity (Wildman–Crippen MR) is 89.1 cm³/mol. The van der Waals surface area contributed by atoms with Gasteiger partial charge in [-0.05, 0) is 24.6 Å². The van der Waals surface area contributed by atoms with Crippen LogP contribution >= 0.6 is 11.8 Å². The molecule has 1 aliphatic rings. The first-order valence-electron chi connectivity index (χ1n) is 7.42. The van der Waals surface area contributed by atoms with Crippen LogP contribution in [0.25, 0.3) is 0 Å². The second-order valence-electron chi connectivity index (χ2n) is 5.41. The van der Waals surface area contributed by atoms with E-state index in [1.54, 1.807) is 30.2 Å². The lowest BCUT2D eigenvalue weighted by molar-refractivity contribution is 0.416. The van der Waals surface area contributed by atoms with Crippen LogP contribution in [0, 0.1) is 5.82 Å². The Morgan fingerprint density at radius 2 is 2.04 bits per heavy atom. The summed E-state index contributed by atoms with van der Waals surface area (Å²) in [5, 5.41) is 0.165. The summed E-state index contributed by atoms with van der Waals surface area (Å²) in [5.41, 5.74) is 0.215. The van der Waals surface area contributed by atoms with Crippen LogP contribution in [-0.4, -0.2) is 31.6 Å². The second kappa shape index (κ2) is 7.07. The average Bonchev–Trinajstić information content (AvgIpc) is 2.93. The molecule has 1 aromatic heterocycles. The Morgan fingerprint density at radius 3 is 2.78 bits per heavy atom. The molecule has 0 N–H and O–H groups in total. The Kier molecular flexibility index (Phi) is 5.08. The van der Waals surface area contributed by atoms with Gasteiger partial charge in [0, 0.05) is 24.4 Å². The van der Waals surface area contributed by atoms with Crippen molar-refractivity contribution < 1.29 is 17.2 Å². The summed E-state index contributed by atoms with van der Waals surface area (Å²) >= 11 is 1.70. The smallest absolute Gasteiger partial charge is 0.218 e. The molecular formula is C16H18FNO3S2. The summed E-state index contributed by atoms with van der Waals surface area (Å²) in [5.74, 6) is 0.801. The maximum Gasteiger partial charge on any atom is 0.218 e. The van der Waals surface area contributed by atoms with E-state index in [0.717, 1.165) is 5.76 Å². The van der Waals surface area contributed by atoms with Crippen molar-refractivity contribution in [2.45, 2.75) is 17.4 Å². The highest BCUT2D eigenvalue weighted by molar-refractivity contribution is 7.99. The first kappa shape index (κ1) is 16.5. The highest BCUT2D eigenvalue weighted by Crippen LogP contribution is 2.35. The maximum absolute atomic E-state index is 13.7. The van der Waals surface area contributed by atoms with Gasteiger partial charge in [-0.25, -0.2) is 17.1 Å². The van der Waals surface area contributed by atoms with Crippen LogP contribution in [0.3, 0.4) is 0 Å². The molecule has 1 aromatic carbocycles. The van der Waals surface area contributed by atoms with Crippen LogP contribution in [0.2, 0.25) is 0 Å². The Labute approximate surface area is 139 Å². The molecule has 0 spiro atoms. The number of hydrogen-bond donors (Lipinski definition) is 0. The largest absolute Gasteiger partial charge is 0.468 e. The van der Waals surface area contributed by atoms with Crippen LogP contribution in [-0.2, 0) is 15.8 Å². The number of nitrogens with zero attached hydrogens (tertiary/aromatic N) is 1. The fourth-order valence-electron chi connectivity index (χ4n) is 2.63. The van der Waals surface area contributed by atoms with Crippen molar-refractivity contribution in [3.05, 3.63) is 59.8 Å². The van der Waals surface area contributed by atoms with Crippen LogP contribution in [0.5, 0.6) is 0 Å². The van der Waals surface area contributed by atoms with Gasteiger partial charge in [0.1, 0.15) is 11.6 Å². The van der Waals surface area contributed by atoms with Crippen LogP contribution < -0.4 is 0 Å². The Bertz CT molecular complexity index is 746. The maximum atomic E-state index is 13.7. The summed E-state index contributed by atoms with van der Waals surface area (Å²) in [7, 11) is -3.53. The zero-order valence-electron chi connectivity index (χ0n) is 12.5. The van der Waals surface area contributed by atoms with Gasteiger partial charge < -0.3 is 4.42 Å². The number of halogens is 1. The summed E-state index contributed by atoms with van der Waals surface area (Å²) < 4.78 is 45.8. The van der Waals surface area contributed by atoms with Crippen molar-refractivity contribution in [3.63, 3.8) is 0 Å². The highest BCUT2D eigenvalue weighted by Gasteiger charge is 2.28. The molecule has 0 amide bonds. The van der Waals surface area contributed by atoms with E-state index >= 15 is 0 Å². The third-order valence-electron chi connectivity index (χ3n) is 3.85. The molecule has 0 bridgehead atoms. The lowest BCUT2D eigenvalue weighted by Crippen LogP contribution is -2.34. The standard InChI is InChI=1S/C16H18FNO3S2/c17-14-5-2-1-4-13(14)12-23(19,20)18-8-7-16(22-11-9-18)15-6-3-10-21-15/h1-6,10,16H,7-9,11-12H2. The van der Waals surface area contributed by atoms with Gasteiger partial charge in [-0.3, -0.25) is 0 Å². The molecule has 1 aliphatic heterocycles. The van der Waals surface area contributed by atoms with Gasteiger partial charge in [-0.1, -0.05) is 18.2 Å². The van der Waals surface area contributed by atoms with Crippen molar-refractivity contribution in [1.29, 1.82) is 0 Å². The number of benzene rings is 1. The average molecular weight is 355 g/mol. The van der Waals surface area contributed by atoms with Gasteiger partial charge in [0.05, 0.1) is 17.3 Å². The predicted octanol–water partition coefficient (Wildman–Crippen LogP) is 3.43. The molecule has 124 valence electrons. The molecule has 0 saturated carbocycles. The first-order chi connectivity index (χ1) is 11.1. The van der Waals surface area contributed by atoms with Crippen molar-refractivity contribution in [2.24, 2.45) is 0 Å². The normalized spacial score (nSPS) is 20.3. The molecule has 7 heteroatoms. The van der Waals surface area contributed by atoms with Gasteiger partial charge >= 0.3 is 0 Å². The van der Waals surface area contributed by atoms with Crippen molar-refractivity contribution in [3.8, 4) is 0 Å². The number of furan rings is 1. The van der Waals surface area contributed by atoms with Crippen molar-refractivity contribution in [2.75, 3.05) is 18.8 Å². The lowest BCUT2D eigenvalue weighted by Gasteiger charge is -2.20. The molecule has 0 aliphatic carbocycles. The zero-order valence-corrected chi connectivity index (χ0v) is 14.2. The number of rotatable bonds is 4. The molecule has 1 atom stereocenters. The molecule has 0 radical (unpaired) electrons. The van der Waals surface area contributed by atoms with Crippen molar-refractivity contribution >= 4 is 21.8 Å². The van der Waals surface area contributed by atoms with E-state index < -0.39 is 15.8 Å². The molecule has 4 nitrogen and oxygen atoms in total. The number of hydrogen-bond acceptors (Lipinski definition) is 4. The zero-order chi connectivity index (χ0) is 16.3. The Balaban J connectivity index is 1.70. The molecule has 2 heterocycles. The molecule has 1 saturated heterocycles. The third-order valence-corrected chi connectivity index (χ3v) is 6.97. The van der Waals surface area contributed by atoms with E-state index in [0.29, 0.717) is 25.3 Å². The fraction of sp³-hybridized carbons (Fsp3) is 0.375. The summed E-state index contributed by atoms with van der Waals surface area (Å²) in [4.78, 5) is 0. The minimum absolute atomic E-state index is 0.165. The quantitative estimate of drug-likeness (QED) is 0.843.